The van der Waals surface area contributed by atoms with E-state index >= 15 is 0 Å². The van der Waals surface area contributed by atoms with Crippen molar-refractivity contribution in [1.29, 1.82) is 0 Å². The van der Waals surface area contributed by atoms with Gasteiger partial charge in [-0.3, -0.25) is 0 Å². The van der Waals surface area contributed by atoms with Crippen molar-refractivity contribution in [1.82, 2.24) is 4.57 Å². The van der Waals surface area contributed by atoms with Gasteiger partial charge in [0.15, 0.2) is 0 Å². The van der Waals surface area contributed by atoms with E-state index in [0.29, 0.717) is 0 Å². The van der Waals surface area contributed by atoms with Crippen LogP contribution in [0.15, 0.2) is 164 Å². The lowest BCUT2D eigenvalue weighted by Gasteiger charge is -2.41. The van der Waals surface area contributed by atoms with Gasteiger partial charge in [-0.2, -0.15) is 0 Å². The highest BCUT2D eigenvalue weighted by atomic mass is 32.1. The van der Waals surface area contributed by atoms with Gasteiger partial charge in [-0.25, -0.2) is 0 Å². The van der Waals surface area contributed by atoms with Crippen LogP contribution in [0.1, 0.15) is 83.2 Å². The zero-order valence-corrected chi connectivity index (χ0v) is 40.7. The van der Waals surface area contributed by atoms with Gasteiger partial charge in [0.25, 0.3) is 6.71 Å². The van der Waals surface area contributed by atoms with E-state index in [2.05, 4.69) is 240 Å². The number of aromatic nitrogens is 1. The van der Waals surface area contributed by atoms with Crippen LogP contribution in [0.3, 0.4) is 0 Å². The summed E-state index contributed by atoms with van der Waals surface area (Å²) in [5.74, 6) is 0. The SMILES string of the molecule is Cc1cc2c3c(c1)-n1c4c(c5cccc(c51)B3c1ccc(N(c3ccc(C(C)(C)C)cc3)c3ccc(C(C)(C)C)cc3)cc1N2c1cccc2c1sc1ccccc12)C(C)(C)c1ccccc1-4. The maximum Gasteiger partial charge on any atom is 0.252 e. The minimum atomic E-state index is -0.143. The minimum Gasteiger partial charge on any atom is -0.310 e. The Bertz CT molecular complexity index is 3650. The summed E-state index contributed by atoms with van der Waals surface area (Å²) in [6.45, 7) is 20.9. The van der Waals surface area contributed by atoms with Gasteiger partial charge < -0.3 is 14.4 Å². The van der Waals surface area contributed by atoms with Gasteiger partial charge in [-0.1, -0.05) is 159 Å². The highest BCUT2D eigenvalue weighted by Crippen LogP contribution is 2.55. The first-order valence-electron chi connectivity index (χ1n) is 24.0. The molecule has 4 heterocycles. The molecule has 0 fully saturated rings. The molecule has 0 unspecified atom stereocenters. The van der Waals surface area contributed by atoms with E-state index < -0.39 is 0 Å². The summed E-state index contributed by atoms with van der Waals surface area (Å²) in [5, 5.41) is 3.97. The van der Waals surface area contributed by atoms with Gasteiger partial charge in [-0.05, 0) is 123 Å². The van der Waals surface area contributed by atoms with Crippen LogP contribution in [0.25, 0.3) is 48.0 Å². The lowest BCUT2D eigenvalue weighted by molar-refractivity contribution is 0.590. The molecule has 3 nitrogen and oxygen atoms in total. The van der Waals surface area contributed by atoms with Crippen LogP contribution in [0, 0.1) is 6.92 Å². The van der Waals surface area contributed by atoms with Crippen molar-refractivity contribution < 1.29 is 0 Å². The monoisotopic (exact) mass is 883 g/mol. The number of aryl methyl sites for hydroxylation is 1. The standard InChI is InChI=1S/C62H54BN3S/c1-37-34-52-56-53(35-37)66-57-46(55-58(66)45-17-10-12-20-47(45)62(55,8)9)19-14-21-49(57)63(56)48-33-32-42(36-51(48)65(52)50-22-15-18-44-43-16-11-13-23-54(43)67-59(44)50)64(40-28-24-38(25-29-40)60(2,3)4)41-30-26-39(27-31-41)61(5,6)7/h10-36H,1-9H3. The molecule has 0 spiro atoms. The van der Waals surface area contributed by atoms with Gasteiger partial charge >= 0.3 is 0 Å². The second kappa shape index (κ2) is 13.9. The number of hydrogen-bond donors (Lipinski definition) is 0. The Hall–Kier alpha value is -6.82. The van der Waals surface area contributed by atoms with E-state index in [-0.39, 0.29) is 23.0 Å². The quantitative estimate of drug-likeness (QED) is 0.163. The second-order valence-corrected chi connectivity index (χ2v) is 22.9. The first kappa shape index (κ1) is 40.5. The summed E-state index contributed by atoms with van der Waals surface area (Å²) in [6.07, 6.45) is 0. The van der Waals surface area contributed by atoms with E-state index in [0.717, 1.165) is 17.1 Å². The number of rotatable bonds is 4. The molecule has 2 aromatic heterocycles. The average molecular weight is 884 g/mol. The summed E-state index contributed by atoms with van der Waals surface area (Å²) in [6, 6.07) is 62.9. The Balaban J connectivity index is 1.12. The van der Waals surface area contributed by atoms with Gasteiger partial charge in [0.05, 0.1) is 16.1 Å². The first-order valence-corrected chi connectivity index (χ1v) is 24.8. The summed E-state index contributed by atoms with van der Waals surface area (Å²) in [4.78, 5) is 5.10. The molecule has 5 heteroatoms. The Morgan fingerprint density at radius 2 is 1.15 bits per heavy atom. The van der Waals surface area contributed by atoms with Crippen molar-refractivity contribution >= 4 is 99.6 Å². The van der Waals surface area contributed by atoms with Crippen molar-refractivity contribution in [3.05, 3.63) is 192 Å². The molecular formula is C62H54BN3S. The highest BCUT2D eigenvalue weighted by molar-refractivity contribution is 7.26. The Labute approximate surface area is 399 Å². The fourth-order valence-corrected chi connectivity index (χ4v) is 13.3. The number of fused-ring (bicyclic) bond motifs is 12. The molecule has 2 aliphatic heterocycles. The lowest BCUT2D eigenvalue weighted by atomic mass is 9.33. The van der Waals surface area contributed by atoms with Gasteiger partial charge in [-0.15, -0.1) is 11.3 Å². The van der Waals surface area contributed by atoms with Crippen LogP contribution in [-0.2, 0) is 16.2 Å². The molecular weight excluding hydrogens is 830 g/mol. The topological polar surface area (TPSA) is 11.4 Å². The van der Waals surface area contributed by atoms with Crippen molar-refractivity contribution in [2.45, 2.75) is 78.6 Å². The van der Waals surface area contributed by atoms with Crippen molar-refractivity contribution in [2.24, 2.45) is 0 Å². The van der Waals surface area contributed by atoms with Crippen molar-refractivity contribution in [2.75, 3.05) is 9.80 Å². The number of benzene rings is 8. The maximum atomic E-state index is 2.66. The number of thiophene rings is 1. The summed E-state index contributed by atoms with van der Waals surface area (Å²) >= 11 is 1.91. The third-order valence-corrected chi connectivity index (χ3v) is 16.5. The van der Waals surface area contributed by atoms with E-state index in [1.165, 1.54) is 109 Å². The molecule has 13 rings (SSSR count). The maximum absolute atomic E-state index is 2.66. The van der Waals surface area contributed by atoms with E-state index in [1.54, 1.807) is 0 Å². The Kier molecular flexibility index (Phi) is 8.38. The molecule has 1 aliphatic carbocycles. The zero-order valence-electron chi connectivity index (χ0n) is 39.9. The van der Waals surface area contributed by atoms with E-state index in [1.807, 2.05) is 11.3 Å². The predicted octanol–water partition coefficient (Wildman–Crippen LogP) is 15.3. The van der Waals surface area contributed by atoms with Crippen LogP contribution in [0.4, 0.5) is 34.1 Å². The summed E-state index contributed by atoms with van der Waals surface area (Å²) in [7, 11) is 0. The van der Waals surface area contributed by atoms with E-state index in [4.69, 9.17) is 0 Å². The Morgan fingerprint density at radius 3 is 1.87 bits per heavy atom. The minimum absolute atomic E-state index is 0.0303. The molecule has 0 bridgehead atoms. The zero-order chi connectivity index (χ0) is 45.9. The molecule has 0 saturated carbocycles. The van der Waals surface area contributed by atoms with Crippen LogP contribution >= 0.6 is 11.3 Å². The third-order valence-electron chi connectivity index (χ3n) is 15.3. The predicted molar refractivity (Wildman–Crippen MR) is 290 cm³/mol. The second-order valence-electron chi connectivity index (χ2n) is 21.9. The van der Waals surface area contributed by atoms with Crippen LogP contribution in [-0.4, -0.2) is 11.3 Å². The molecule has 326 valence electrons. The smallest absolute Gasteiger partial charge is 0.252 e. The fraction of sp³-hybridized carbons (Fsp3) is 0.194. The van der Waals surface area contributed by atoms with E-state index in [9.17, 15) is 0 Å². The van der Waals surface area contributed by atoms with Gasteiger partial charge in [0.2, 0.25) is 0 Å². The fourth-order valence-electron chi connectivity index (χ4n) is 12.1. The molecule has 0 radical (unpaired) electrons. The van der Waals surface area contributed by atoms with Crippen LogP contribution in [0.2, 0.25) is 0 Å². The number of para-hydroxylation sites is 1. The molecule has 0 amide bonds. The molecule has 0 atom stereocenters. The largest absolute Gasteiger partial charge is 0.310 e. The van der Waals surface area contributed by atoms with Gasteiger partial charge in [0, 0.05) is 71.5 Å². The number of hydrogen-bond acceptors (Lipinski definition) is 3. The molecule has 8 aromatic carbocycles. The van der Waals surface area contributed by atoms with Crippen LogP contribution < -0.4 is 26.2 Å². The highest BCUT2D eigenvalue weighted by Gasteiger charge is 2.47. The molecule has 0 saturated heterocycles. The number of nitrogens with zero attached hydrogens (tertiary/aromatic N) is 3. The molecule has 3 aliphatic rings. The first-order chi connectivity index (χ1) is 32.2. The third kappa shape index (κ3) is 5.71. The summed E-state index contributed by atoms with van der Waals surface area (Å²) < 4.78 is 5.28. The lowest BCUT2D eigenvalue weighted by Crippen LogP contribution is -2.60. The van der Waals surface area contributed by atoms with Crippen LogP contribution in [0.5, 0.6) is 0 Å². The average Bonchev–Trinajstić information content (AvgIpc) is 3.95. The molecule has 0 N–H and O–H groups in total. The summed E-state index contributed by atoms with van der Waals surface area (Å²) in [5.41, 5.74) is 23.2. The van der Waals surface area contributed by atoms with Crippen molar-refractivity contribution in [3.63, 3.8) is 0 Å². The van der Waals surface area contributed by atoms with Crippen molar-refractivity contribution in [3.8, 4) is 16.9 Å². The molecule has 67 heavy (non-hydrogen) atoms. The van der Waals surface area contributed by atoms with Gasteiger partial charge in [0.1, 0.15) is 0 Å². The normalized spacial score (nSPS) is 14.4. The number of anilines is 6. The Morgan fingerprint density at radius 1 is 0.537 bits per heavy atom. The molecule has 10 aromatic rings.